The van der Waals surface area contributed by atoms with E-state index in [-0.39, 0.29) is 11.0 Å². The minimum atomic E-state index is -4.47. The number of benzene rings is 1. The molecule has 0 saturated carbocycles. The van der Waals surface area contributed by atoms with Crippen LogP contribution in [0.1, 0.15) is 5.56 Å². The van der Waals surface area contributed by atoms with Crippen LogP contribution in [0.4, 0.5) is 19.0 Å². The maximum absolute atomic E-state index is 13.1. The average molecular weight is 427 g/mol. The topological polar surface area (TPSA) is 70.3 Å². The first-order valence-corrected chi connectivity index (χ1v) is 9.14. The summed E-state index contributed by atoms with van der Waals surface area (Å²) in [5.41, 5.74) is -1.15. The number of aliphatic hydroxyl groups is 1. The van der Waals surface area contributed by atoms with E-state index in [1.807, 2.05) is 23.9 Å². The van der Waals surface area contributed by atoms with Crippen LogP contribution in [0.25, 0.3) is 16.7 Å². The fourth-order valence-corrected chi connectivity index (χ4v) is 3.77. The second kappa shape index (κ2) is 6.82. The molecule has 1 N–H and O–H groups in total. The molecule has 3 heterocycles. The minimum Gasteiger partial charge on any atom is -0.385 e. The molecule has 3 aromatic rings. The van der Waals surface area contributed by atoms with Crippen LogP contribution in [0.15, 0.2) is 30.5 Å². The summed E-state index contributed by atoms with van der Waals surface area (Å²) < 4.78 is 40.5. The van der Waals surface area contributed by atoms with Crippen LogP contribution in [0.3, 0.4) is 0 Å². The molecule has 1 aliphatic heterocycles. The van der Waals surface area contributed by atoms with Crippen molar-refractivity contribution in [3.05, 3.63) is 41.3 Å². The maximum atomic E-state index is 13.1. The monoisotopic (exact) mass is 426 g/mol. The van der Waals surface area contributed by atoms with Crippen molar-refractivity contribution in [3.8, 4) is 5.69 Å². The number of hydrogen-bond donors (Lipinski definition) is 1. The molecule has 154 valence electrons. The van der Waals surface area contributed by atoms with Gasteiger partial charge in [-0.1, -0.05) is 6.07 Å². The molecular formula is C18H18ClF3N6O. The van der Waals surface area contributed by atoms with Gasteiger partial charge < -0.3 is 14.9 Å². The molecule has 2 aromatic heterocycles. The lowest BCUT2D eigenvalue weighted by atomic mass is 9.93. The second-order valence-electron chi connectivity index (χ2n) is 7.48. The highest BCUT2D eigenvalue weighted by Gasteiger charge is 2.43. The van der Waals surface area contributed by atoms with Crippen LogP contribution in [-0.2, 0) is 6.18 Å². The number of β-amino-alcohol motifs (C(OH)–C–C–N with tert-alkyl or cyclic N) is 1. The molecule has 1 saturated heterocycles. The smallest absolute Gasteiger partial charge is 0.385 e. The number of hydrogen-bond acceptors (Lipinski definition) is 6. The zero-order valence-corrected chi connectivity index (χ0v) is 16.4. The summed E-state index contributed by atoms with van der Waals surface area (Å²) in [5, 5.41) is 15.3. The van der Waals surface area contributed by atoms with Crippen LogP contribution in [0.5, 0.6) is 0 Å². The van der Waals surface area contributed by atoms with Gasteiger partial charge in [0, 0.05) is 6.54 Å². The Morgan fingerprint density at radius 1 is 1.24 bits per heavy atom. The molecule has 0 amide bonds. The molecule has 0 aliphatic carbocycles. The van der Waals surface area contributed by atoms with E-state index in [9.17, 15) is 18.3 Å². The largest absolute Gasteiger partial charge is 0.416 e. The number of rotatable bonds is 4. The second-order valence-corrected chi connectivity index (χ2v) is 7.81. The van der Waals surface area contributed by atoms with Crippen LogP contribution in [0, 0.1) is 0 Å². The zero-order chi connectivity index (χ0) is 21.0. The normalized spacial score (nSPS) is 16.5. The third-order valence-electron chi connectivity index (χ3n) is 4.68. The Balaban J connectivity index is 1.72. The molecule has 29 heavy (non-hydrogen) atoms. The Morgan fingerprint density at radius 3 is 2.62 bits per heavy atom. The van der Waals surface area contributed by atoms with Gasteiger partial charge in [-0.3, -0.25) is 0 Å². The molecule has 4 rings (SSSR count). The summed E-state index contributed by atoms with van der Waals surface area (Å²) in [7, 11) is 3.75. The van der Waals surface area contributed by atoms with E-state index in [1.54, 1.807) is 0 Å². The highest BCUT2D eigenvalue weighted by atomic mass is 35.5. The van der Waals surface area contributed by atoms with Gasteiger partial charge >= 0.3 is 6.18 Å². The lowest BCUT2D eigenvalue weighted by Gasteiger charge is -2.48. The molecule has 1 fully saturated rings. The molecule has 1 aliphatic rings. The Kier molecular flexibility index (Phi) is 4.67. The Bertz CT molecular complexity index is 1060. The Morgan fingerprint density at radius 2 is 1.97 bits per heavy atom. The highest BCUT2D eigenvalue weighted by molar-refractivity contribution is 6.28. The molecule has 7 nitrogen and oxygen atoms in total. The lowest BCUT2D eigenvalue weighted by Crippen LogP contribution is -2.66. The van der Waals surface area contributed by atoms with Gasteiger partial charge in [0.2, 0.25) is 5.28 Å². The van der Waals surface area contributed by atoms with E-state index in [0.29, 0.717) is 36.5 Å². The van der Waals surface area contributed by atoms with Gasteiger partial charge in [0.15, 0.2) is 5.65 Å². The summed E-state index contributed by atoms with van der Waals surface area (Å²) in [6.45, 7) is 1.19. The van der Waals surface area contributed by atoms with Crippen molar-refractivity contribution in [2.45, 2.75) is 11.8 Å². The molecule has 0 radical (unpaired) electrons. The van der Waals surface area contributed by atoms with E-state index in [2.05, 4.69) is 15.1 Å². The lowest BCUT2D eigenvalue weighted by molar-refractivity contribution is -0.137. The van der Waals surface area contributed by atoms with Crippen molar-refractivity contribution in [3.63, 3.8) is 0 Å². The molecule has 0 atom stereocenters. The van der Waals surface area contributed by atoms with Crippen molar-refractivity contribution in [1.29, 1.82) is 0 Å². The van der Waals surface area contributed by atoms with Crippen molar-refractivity contribution in [2.75, 3.05) is 38.6 Å². The Labute approximate surface area is 169 Å². The fourth-order valence-electron chi connectivity index (χ4n) is 3.61. The number of halogens is 4. The number of likely N-dealkylation sites (N-methyl/N-ethyl adjacent to an activating group) is 1. The molecule has 0 spiro atoms. The predicted octanol–water partition coefficient (Wildman–Crippen LogP) is 2.60. The standard InChI is InChI=1S/C18H18ClF3N6O/c1-26(2)8-17(29)9-27(10-17)14-13-7-23-28(15(13)25-16(19)24-14)12-5-3-4-11(6-12)18(20,21)22/h3-7,29H,8-10H2,1-2H3. The quantitative estimate of drug-likeness (QED) is 0.647. The maximum Gasteiger partial charge on any atom is 0.416 e. The number of fused-ring (bicyclic) bond motifs is 1. The summed E-state index contributed by atoms with van der Waals surface area (Å²) in [5.74, 6) is 0.488. The third kappa shape index (κ3) is 3.75. The average Bonchev–Trinajstić information content (AvgIpc) is 3.01. The fraction of sp³-hybridized carbons (Fsp3) is 0.389. The van der Waals surface area contributed by atoms with Crippen LogP contribution in [0.2, 0.25) is 5.28 Å². The highest BCUT2D eigenvalue weighted by Crippen LogP contribution is 2.34. The van der Waals surface area contributed by atoms with Gasteiger partial charge in [-0.25, -0.2) is 4.68 Å². The zero-order valence-electron chi connectivity index (χ0n) is 15.7. The summed E-state index contributed by atoms with van der Waals surface area (Å²) >= 11 is 6.08. The summed E-state index contributed by atoms with van der Waals surface area (Å²) in [6.07, 6.45) is -2.98. The molecule has 11 heteroatoms. The van der Waals surface area contributed by atoms with Gasteiger partial charge in [0.25, 0.3) is 0 Å². The predicted molar refractivity (Wildman–Crippen MR) is 102 cm³/mol. The molecule has 0 bridgehead atoms. The first kappa shape index (κ1) is 19.9. The van der Waals surface area contributed by atoms with Crippen LogP contribution in [-0.4, -0.2) is 69.1 Å². The van der Waals surface area contributed by atoms with E-state index in [1.165, 1.54) is 23.0 Å². The summed E-state index contributed by atoms with van der Waals surface area (Å²) in [6, 6.07) is 4.82. The number of anilines is 1. The molecule has 0 unspecified atom stereocenters. The van der Waals surface area contributed by atoms with Gasteiger partial charge in [0.05, 0.1) is 35.9 Å². The van der Waals surface area contributed by atoms with Gasteiger partial charge in [-0.2, -0.15) is 28.2 Å². The van der Waals surface area contributed by atoms with E-state index < -0.39 is 17.3 Å². The first-order valence-electron chi connectivity index (χ1n) is 8.77. The Hall–Kier alpha value is -2.43. The third-order valence-corrected chi connectivity index (χ3v) is 4.85. The van der Waals surface area contributed by atoms with Gasteiger partial charge in [-0.15, -0.1) is 0 Å². The molecular weight excluding hydrogens is 409 g/mol. The minimum absolute atomic E-state index is 0.0516. The van der Waals surface area contributed by atoms with E-state index >= 15 is 0 Å². The van der Waals surface area contributed by atoms with Crippen LogP contribution < -0.4 is 4.90 Å². The SMILES string of the molecule is CN(C)CC1(O)CN(c2nc(Cl)nc3c2cnn3-c2cccc(C(F)(F)F)c2)C1. The first-order chi connectivity index (χ1) is 13.6. The van der Waals surface area contributed by atoms with E-state index in [4.69, 9.17) is 11.6 Å². The number of aromatic nitrogens is 4. The van der Waals surface area contributed by atoms with Crippen molar-refractivity contribution in [2.24, 2.45) is 0 Å². The van der Waals surface area contributed by atoms with Gasteiger partial charge in [-0.05, 0) is 43.9 Å². The van der Waals surface area contributed by atoms with E-state index in [0.717, 1.165) is 12.1 Å². The molecule has 1 aromatic carbocycles. The number of alkyl halides is 3. The van der Waals surface area contributed by atoms with Crippen LogP contribution >= 0.6 is 11.6 Å². The van der Waals surface area contributed by atoms with Gasteiger partial charge in [0.1, 0.15) is 11.4 Å². The van der Waals surface area contributed by atoms with Crippen molar-refractivity contribution < 1.29 is 18.3 Å². The number of nitrogens with zero attached hydrogens (tertiary/aromatic N) is 6. The summed E-state index contributed by atoms with van der Waals surface area (Å²) in [4.78, 5) is 12.2. The van der Waals surface area contributed by atoms with Crippen molar-refractivity contribution in [1.82, 2.24) is 24.6 Å². The van der Waals surface area contributed by atoms with Crippen molar-refractivity contribution >= 4 is 28.5 Å².